The van der Waals surface area contributed by atoms with E-state index in [1.165, 1.54) is 30.1 Å². The Morgan fingerprint density at radius 3 is 1.03 bits per heavy atom. The topological polar surface area (TPSA) is 268 Å². The average molecular weight is 1570 g/mol. The normalized spacial score (nSPS) is 13.5. The number of amides is 8. The van der Waals surface area contributed by atoms with Crippen molar-refractivity contribution in [3.8, 4) is 5.75 Å². The van der Waals surface area contributed by atoms with E-state index in [0.29, 0.717) is 60.6 Å². The van der Waals surface area contributed by atoms with Gasteiger partial charge in [-0.25, -0.2) is 0 Å². The second-order valence-corrected chi connectivity index (χ2v) is 28.9. The van der Waals surface area contributed by atoms with Crippen molar-refractivity contribution in [1.82, 2.24) is 83.5 Å². The van der Waals surface area contributed by atoms with Crippen LogP contribution in [0, 0.1) is 35.5 Å². The Labute approximate surface area is 652 Å². The van der Waals surface area contributed by atoms with Gasteiger partial charge >= 0.3 is 0 Å². The summed E-state index contributed by atoms with van der Waals surface area (Å²) < 4.78 is 5.23. The number of thiocarbonyl (C=S) groups is 8. The molecule has 8 amide bonds. The Hall–Kier alpha value is -8.44. The number of nitrogens with zero attached hydrogens (tertiary/aromatic N) is 8. The molecule has 8 N–H and O–H groups in total. The average Bonchev–Trinajstić information content (AvgIpc) is 1.66. The van der Waals surface area contributed by atoms with E-state index >= 15 is 0 Å². The van der Waals surface area contributed by atoms with Crippen molar-refractivity contribution < 1.29 is 43.1 Å². The fourth-order valence-corrected chi connectivity index (χ4v) is 11.6. The first-order valence-corrected chi connectivity index (χ1v) is 36.8. The number of nitrogens with one attached hydrogen (secondary N) is 8. The lowest BCUT2D eigenvalue weighted by molar-refractivity contribution is -0.139. The molecule has 560 valence electrons. The molecule has 104 heavy (non-hydrogen) atoms. The number of rotatable bonds is 19. The zero-order valence-electron chi connectivity index (χ0n) is 60.8. The Bertz CT molecular complexity index is 3660. The smallest absolute Gasteiger partial charge is 0.250 e. The van der Waals surface area contributed by atoms with Crippen molar-refractivity contribution in [3.63, 3.8) is 0 Å². The first kappa shape index (κ1) is 86.2. The van der Waals surface area contributed by atoms with Gasteiger partial charge in [-0.05, 0) is 96.8 Å². The first-order valence-electron chi connectivity index (χ1n) is 33.6. The number of benzene rings is 4. The van der Waals surface area contributed by atoms with Gasteiger partial charge in [0.1, 0.15) is 60.9 Å². The Morgan fingerprint density at radius 2 is 0.731 bits per heavy atom. The van der Waals surface area contributed by atoms with E-state index in [1.54, 1.807) is 72.4 Å². The van der Waals surface area contributed by atoms with Gasteiger partial charge in [0.05, 0.1) is 17.1 Å². The van der Waals surface area contributed by atoms with Crippen molar-refractivity contribution in [3.05, 3.63) is 137 Å². The molecule has 0 unspecified atom stereocenters. The molecule has 0 atom stereocenters. The van der Waals surface area contributed by atoms with Gasteiger partial charge in [0.15, 0.2) is 0 Å². The third kappa shape index (κ3) is 27.6. The van der Waals surface area contributed by atoms with Crippen LogP contribution in [0.3, 0.4) is 0 Å². The highest BCUT2D eigenvalue weighted by atomic mass is 32.1. The molecule has 25 nitrogen and oxygen atoms in total. The number of hydrogen-bond acceptors (Lipinski definition) is 17. The van der Waals surface area contributed by atoms with E-state index in [-0.39, 0.29) is 41.9 Å². The van der Waals surface area contributed by atoms with Gasteiger partial charge in [0.25, 0.3) is 11.8 Å². The van der Waals surface area contributed by atoms with Crippen LogP contribution in [0.25, 0.3) is 0 Å². The van der Waals surface area contributed by atoms with Crippen LogP contribution in [0.15, 0.2) is 109 Å². The van der Waals surface area contributed by atoms with Crippen LogP contribution in [-0.4, -0.2) is 190 Å². The highest BCUT2D eigenvalue weighted by Crippen LogP contribution is 2.47. The van der Waals surface area contributed by atoms with Crippen LogP contribution in [-0.2, 0) is 38.4 Å². The van der Waals surface area contributed by atoms with E-state index in [2.05, 4.69) is 57.3 Å². The highest BCUT2D eigenvalue weighted by Gasteiger charge is 2.45. The van der Waals surface area contributed by atoms with E-state index in [0.717, 1.165) is 89.2 Å². The quantitative estimate of drug-likeness (QED) is 0.0253. The van der Waals surface area contributed by atoms with Crippen molar-refractivity contribution in [2.45, 2.75) is 112 Å². The molecule has 0 aromatic heterocycles. The van der Waals surface area contributed by atoms with Gasteiger partial charge in [0.2, 0.25) is 35.4 Å². The maximum absolute atomic E-state index is 12.7. The molecule has 4 aliphatic carbocycles. The van der Waals surface area contributed by atoms with Crippen LogP contribution in [0.2, 0.25) is 0 Å². The minimum atomic E-state index is -0.940. The third-order valence-corrected chi connectivity index (χ3v) is 21.3. The minimum Gasteiger partial charge on any atom is -0.497 e. The first-order chi connectivity index (χ1) is 49.1. The molecule has 4 saturated carbocycles. The summed E-state index contributed by atoms with van der Waals surface area (Å²) in [6, 6.07) is 33.6. The number of carbonyl (C=O) groups excluding carboxylic acids is 8. The van der Waals surface area contributed by atoms with Gasteiger partial charge in [0, 0.05) is 100 Å². The van der Waals surface area contributed by atoms with Gasteiger partial charge in [-0.15, -0.1) is 0 Å². The molecule has 4 aromatic carbocycles. The monoisotopic (exact) mass is 1570 g/mol. The summed E-state index contributed by atoms with van der Waals surface area (Å²) in [5.41, 5.74) is 25.3. The molecule has 0 aliphatic heterocycles. The molecule has 0 radical (unpaired) electrons. The van der Waals surface area contributed by atoms with Crippen LogP contribution >= 0.6 is 97.7 Å². The summed E-state index contributed by atoms with van der Waals surface area (Å²) in [7, 11) is 11.6. The molecule has 0 saturated heterocycles. The molecule has 0 heterocycles. The fourth-order valence-electron chi connectivity index (χ4n) is 9.44. The van der Waals surface area contributed by atoms with E-state index in [1.807, 2.05) is 124 Å². The van der Waals surface area contributed by atoms with E-state index in [9.17, 15) is 38.4 Å². The Kier molecular flexibility index (Phi) is 33.8. The summed E-state index contributed by atoms with van der Waals surface area (Å²) in [5, 5.41) is 12.1. The molecule has 8 rings (SSSR count). The molecule has 33 heteroatoms. The van der Waals surface area contributed by atoms with Crippen molar-refractivity contribution in [2.75, 3.05) is 62.5 Å². The molecular formula is C71H94N16O9S8. The summed E-state index contributed by atoms with van der Waals surface area (Å²) in [6.45, 7) is 12.3. The molecule has 0 bridgehead atoms. The second-order valence-electron chi connectivity index (χ2n) is 25.7. The van der Waals surface area contributed by atoms with E-state index in [4.69, 9.17) is 102 Å². The maximum atomic E-state index is 12.7. The van der Waals surface area contributed by atoms with Crippen molar-refractivity contribution in [2.24, 2.45) is 28.6 Å². The standard InChI is InChI=1S/C22H26N4O2S2.C21H24N4O3S2.C15H24N4O2S2.C13H20N4O2S2/c1-4-25(21(29)17-12-8-6-9-13-17)23-19(27)16(3)20(28)24-26(5-2)22(30)18-14-10-7-11-15-18;1-14-10-11-16(28-4)12-17(14)21(30)25(3)23-19(27)13-18(26)22-24(2)20(29)15-8-6-5-7-9-15;1-14(5-6-14)12(22)18(3)16-10(20)9-11(21)17-19(4)13(23)15(2)7-8-15;1-16(12(20)8-3-4-8)14-10(18)7-11(19)15-17(2)13(21)9-5-6-9/h6-16H,4-5H2,1-3H3,(H,23,27)(H,24,28);5-12H,13H2,1-4H3,(H,22,26)(H,23,27);5-9H2,1-4H3,(H,16,20)(H,17,21);8-9H,3-7H2,1-2H3,(H,14,18)(H,15,19). The fraction of sp³-hybridized carbons (Fsp3) is 0.437. The molecular weight excluding hydrogens is 1480 g/mol. The predicted octanol–water partition coefficient (Wildman–Crippen LogP) is 7.79. The third-order valence-electron chi connectivity index (χ3n) is 16.6. The zero-order valence-corrected chi connectivity index (χ0v) is 67.4. The van der Waals surface area contributed by atoms with Gasteiger partial charge in [-0.3, -0.25) is 122 Å². The SMILES string of the molecule is CCN(NC(=O)C(C)C(=O)NN(CC)C(=S)c1ccccc1)C(=S)c1ccccc1.CN(NC(=O)CC(=O)NN(C)C(=S)C1(C)CC1)C(=S)C1(C)CC1.CN(NC(=O)CC(=O)NN(C)C(=S)C1CC1)C(=S)C1CC1.COc1ccc(C)c(C(=S)N(C)NC(=O)CC(=O)NN(C)C(=S)c2ccccc2)c1. The highest BCUT2D eigenvalue weighted by molar-refractivity contribution is 7.82. The number of hydrogen-bond donors (Lipinski definition) is 8. The lowest BCUT2D eigenvalue weighted by Gasteiger charge is -2.28. The van der Waals surface area contributed by atoms with Gasteiger partial charge < -0.3 is 4.74 Å². The number of aryl methyl sites for hydroxylation is 1. The molecule has 4 aliphatic rings. The van der Waals surface area contributed by atoms with E-state index < -0.39 is 41.4 Å². The van der Waals surface area contributed by atoms with Crippen LogP contribution < -0.4 is 48.1 Å². The molecule has 0 spiro atoms. The number of hydrazine groups is 8. The lowest BCUT2D eigenvalue weighted by atomic mass is 10.1. The largest absolute Gasteiger partial charge is 0.497 e. The minimum absolute atomic E-state index is 0.00569. The molecule has 4 aromatic rings. The Balaban J connectivity index is 0.000000252. The number of carbonyl (C=O) groups is 8. The summed E-state index contributed by atoms with van der Waals surface area (Å²) in [6.07, 6.45) is 7.52. The zero-order chi connectivity index (χ0) is 77.3. The summed E-state index contributed by atoms with van der Waals surface area (Å²) in [4.78, 5) is 102. The Morgan fingerprint density at radius 1 is 0.433 bits per heavy atom. The van der Waals surface area contributed by atoms with Crippen LogP contribution in [0.1, 0.15) is 133 Å². The summed E-state index contributed by atoms with van der Waals surface area (Å²) >= 11 is 42.9. The number of ether oxygens (including phenoxy) is 1. The van der Waals surface area contributed by atoms with Gasteiger partial charge in [-0.2, -0.15) is 0 Å². The predicted molar refractivity (Wildman–Crippen MR) is 434 cm³/mol. The lowest BCUT2D eigenvalue weighted by Crippen LogP contribution is -2.53. The van der Waals surface area contributed by atoms with Crippen molar-refractivity contribution >= 4 is 185 Å². The van der Waals surface area contributed by atoms with Crippen molar-refractivity contribution in [1.29, 1.82) is 0 Å². The maximum Gasteiger partial charge on any atom is 0.250 e. The summed E-state index contributed by atoms with van der Waals surface area (Å²) in [5.74, 6) is -2.96. The van der Waals surface area contributed by atoms with Crippen LogP contribution in [0.5, 0.6) is 5.75 Å². The van der Waals surface area contributed by atoms with Gasteiger partial charge in [-0.1, -0.05) is 209 Å². The number of methoxy groups -OCH3 is 1. The molecule has 4 fully saturated rings. The second kappa shape index (κ2) is 40.7. The van der Waals surface area contributed by atoms with Crippen LogP contribution in [0.4, 0.5) is 0 Å².